The molecule has 84 valence electrons. The molecule has 0 heterocycles. The molecule has 0 aromatic rings. The van der Waals surface area contributed by atoms with Gasteiger partial charge in [0.1, 0.15) is 0 Å². The summed E-state index contributed by atoms with van der Waals surface area (Å²) in [6, 6.07) is 0. The Morgan fingerprint density at radius 3 is 2.29 bits per heavy atom. The van der Waals surface area contributed by atoms with Crippen LogP contribution >= 0.6 is 0 Å². The van der Waals surface area contributed by atoms with Crippen molar-refractivity contribution in [1.82, 2.24) is 0 Å². The van der Waals surface area contributed by atoms with Crippen LogP contribution in [-0.2, 0) is 0 Å². The summed E-state index contributed by atoms with van der Waals surface area (Å²) >= 11 is 0. The first-order valence-corrected chi connectivity index (χ1v) is 5.98. The Hall–Kier alpha value is -0.300. The Kier molecular flexibility index (Phi) is 7.87. The molecule has 0 saturated heterocycles. The van der Waals surface area contributed by atoms with Crippen LogP contribution in [0.1, 0.15) is 59.8 Å². The minimum atomic E-state index is -0.200. The quantitative estimate of drug-likeness (QED) is 0.615. The molecule has 0 aliphatic carbocycles. The van der Waals surface area contributed by atoms with Crippen molar-refractivity contribution in [2.75, 3.05) is 0 Å². The normalized spacial score (nSPS) is 14.9. The first kappa shape index (κ1) is 13.7. The molecule has 0 bridgehead atoms. The van der Waals surface area contributed by atoms with Crippen molar-refractivity contribution >= 4 is 0 Å². The van der Waals surface area contributed by atoms with E-state index in [1.165, 1.54) is 12.0 Å². The van der Waals surface area contributed by atoms with E-state index in [-0.39, 0.29) is 6.10 Å². The van der Waals surface area contributed by atoms with E-state index < -0.39 is 0 Å². The summed E-state index contributed by atoms with van der Waals surface area (Å²) in [5, 5.41) is 9.92. The summed E-state index contributed by atoms with van der Waals surface area (Å²) in [5.41, 5.74) is 1.23. The zero-order valence-electron chi connectivity index (χ0n) is 10.2. The van der Waals surface area contributed by atoms with E-state index in [9.17, 15) is 5.11 Å². The van der Waals surface area contributed by atoms with E-state index in [2.05, 4.69) is 33.8 Å². The van der Waals surface area contributed by atoms with E-state index in [1.54, 1.807) is 0 Å². The van der Waals surface area contributed by atoms with E-state index in [4.69, 9.17) is 0 Å². The largest absolute Gasteiger partial charge is 0.389 e. The molecule has 1 atom stereocenters. The minimum absolute atomic E-state index is 0.200. The molecule has 0 spiro atoms. The predicted molar refractivity (Wildman–Crippen MR) is 63.4 cm³/mol. The second-order valence-electron chi connectivity index (χ2n) is 4.41. The lowest BCUT2D eigenvalue weighted by molar-refractivity contribution is 0.187. The second kappa shape index (κ2) is 8.05. The van der Waals surface area contributed by atoms with E-state index in [0.29, 0.717) is 5.92 Å². The van der Waals surface area contributed by atoms with Gasteiger partial charge < -0.3 is 5.11 Å². The van der Waals surface area contributed by atoms with Crippen LogP contribution in [-0.4, -0.2) is 11.2 Å². The van der Waals surface area contributed by atoms with Crippen LogP contribution in [0.15, 0.2) is 11.6 Å². The highest BCUT2D eigenvalue weighted by molar-refractivity contribution is 5.07. The zero-order valence-corrected chi connectivity index (χ0v) is 10.2. The third kappa shape index (κ3) is 6.20. The van der Waals surface area contributed by atoms with Crippen molar-refractivity contribution in [2.24, 2.45) is 5.92 Å². The lowest BCUT2D eigenvalue weighted by Gasteiger charge is -2.15. The number of unbranched alkanes of at least 4 members (excludes halogenated alkanes) is 1. The van der Waals surface area contributed by atoms with Crippen LogP contribution in [0.25, 0.3) is 0 Å². The monoisotopic (exact) mass is 198 g/mol. The summed E-state index contributed by atoms with van der Waals surface area (Å²) in [6.45, 7) is 8.70. The SMILES string of the molecule is CCC/C=C(\CC)C(O)CCC(C)C. The molecule has 0 rings (SSSR count). The molecule has 0 saturated carbocycles. The van der Waals surface area contributed by atoms with Crippen molar-refractivity contribution < 1.29 is 5.11 Å². The van der Waals surface area contributed by atoms with Crippen LogP contribution in [0.5, 0.6) is 0 Å². The number of allylic oxidation sites excluding steroid dienone is 1. The standard InChI is InChI=1S/C13H26O/c1-5-7-8-12(6-2)13(14)10-9-11(3)4/h8,11,13-14H,5-7,9-10H2,1-4H3/b12-8+. The smallest absolute Gasteiger partial charge is 0.0750 e. The highest BCUT2D eigenvalue weighted by Crippen LogP contribution is 2.16. The van der Waals surface area contributed by atoms with E-state index in [1.807, 2.05) is 0 Å². The molecule has 0 aromatic carbocycles. The Labute approximate surface area is 89.2 Å². The molecule has 0 aliphatic heterocycles. The molecule has 1 nitrogen and oxygen atoms in total. The van der Waals surface area contributed by atoms with Gasteiger partial charge in [0.05, 0.1) is 6.10 Å². The summed E-state index contributed by atoms with van der Waals surface area (Å²) in [4.78, 5) is 0. The van der Waals surface area contributed by atoms with E-state index >= 15 is 0 Å². The zero-order chi connectivity index (χ0) is 11.0. The van der Waals surface area contributed by atoms with Gasteiger partial charge in [-0.3, -0.25) is 0 Å². The van der Waals surface area contributed by atoms with Gasteiger partial charge >= 0.3 is 0 Å². The van der Waals surface area contributed by atoms with Gasteiger partial charge in [-0.1, -0.05) is 40.2 Å². The summed E-state index contributed by atoms with van der Waals surface area (Å²) in [5.74, 6) is 0.689. The maximum absolute atomic E-state index is 9.92. The fraction of sp³-hybridized carbons (Fsp3) is 0.846. The number of hydrogen-bond acceptors (Lipinski definition) is 1. The van der Waals surface area contributed by atoms with Gasteiger partial charge in [0, 0.05) is 0 Å². The molecular formula is C13H26O. The molecule has 1 unspecified atom stereocenters. The lowest BCUT2D eigenvalue weighted by atomic mass is 9.97. The van der Waals surface area contributed by atoms with Gasteiger partial charge in [-0.15, -0.1) is 0 Å². The molecule has 0 radical (unpaired) electrons. The maximum atomic E-state index is 9.92. The minimum Gasteiger partial charge on any atom is -0.389 e. The molecule has 0 aromatic heterocycles. The first-order chi connectivity index (χ1) is 6.61. The summed E-state index contributed by atoms with van der Waals surface area (Å²) in [6.07, 6.45) is 7.30. The first-order valence-electron chi connectivity index (χ1n) is 5.98. The Bertz CT molecular complexity index is 159. The molecule has 1 N–H and O–H groups in total. The number of hydrogen-bond donors (Lipinski definition) is 1. The number of aliphatic hydroxyl groups excluding tert-OH is 1. The predicted octanol–water partition coefficient (Wildman–Crippen LogP) is 3.92. The topological polar surface area (TPSA) is 20.2 Å². The van der Waals surface area contributed by atoms with Crippen molar-refractivity contribution in [3.05, 3.63) is 11.6 Å². The number of aliphatic hydroxyl groups is 1. The van der Waals surface area contributed by atoms with Gasteiger partial charge in [0.15, 0.2) is 0 Å². The second-order valence-corrected chi connectivity index (χ2v) is 4.41. The van der Waals surface area contributed by atoms with Crippen LogP contribution in [0, 0.1) is 5.92 Å². The Morgan fingerprint density at radius 2 is 1.86 bits per heavy atom. The molecule has 1 heteroatoms. The number of rotatable bonds is 7. The molecule has 14 heavy (non-hydrogen) atoms. The summed E-state index contributed by atoms with van der Waals surface area (Å²) in [7, 11) is 0. The van der Waals surface area contributed by atoms with Crippen LogP contribution in [0.2, 0.25) is 0 Å². The van der Waals surface area contributed by atoms with Crippen molar-refractivity contribution in [2.45, 2.75) is 65.9 Å². The average molecular weight is 198 g/mol. The van der Waals surface area contributed by atoms with E-state index in [0.717, 1.165) is 25.7 Å². The highest BCUT2D eigenvalue weighted by atomic mass is 16.3. The Morgan fingerprint density at radius 1 is 1.21 bits per heavy atom. The third-order valence-electron chi connectivity index (χ3n) is 2.55. The highest BCUT2D eigenvalue weighted by Gasteiger charge is 2.09. The van der Waals surface area contributed by atoms with Crippen LogP contribution < -0.4 is 0 Å². The molecule has 0 fully saturated rings. The Balaban J connectivity index is 3.97. The van der Waals surface area contributed by atoms with Crippen LogP contribution in [0.3, 0.4) is 0 Å². The van der Waals surface area contributed by atoms with Gasteiger partial charge in [-0.2, -0.15) is 0 Å². The fourth-order valence-corrected chi connectivity index (χ4v) is 1.52. The molecular weight excluding hydrogens is 172 g/mol. The molecule has 0 aliphatic rings. The van der Waals surface area contributed by atoms with Gasteiger partial charge in [0.2, 0.25) is 0 Å². The van der Waals surface area contributed by atoms with Gasteiger partial charge in [-0.25, -0.2) is 0 Å². The van der Waals surface area contributed by atoms with Crippen LogP contribution in [0.4, 0.5) is 0 Å². The summed E-state index contributed by atoms with van der Waals surface area (Å²) < 4.78 is 0. The van der Waals surface area contributed by atoms with Crippen molar-refractivity contribution in [1.29, 1.82) is 0 Å². The lowest BCUT2D eigenvalue weighted by Crippen LogP contribution is -2.11. The van der Waals surface area contributed by atoms with Gasteiger partial charge in [0.25, 0.3) is 0 Å². The van der Waals surface area contributed by atoms with Gasteiger partial charge in [-0.05, 0) is 37.2 Å². The maximum Gasteiger partial charge on any atom is 0.0750 e. The third-order valence-corrected chi connectivity index (χ3v) is 2.55. The average Bonchev–Trinajstić information content (AvgIpc) is 2.16. The van der Waals surface area contributed by atoms with Crippen molar-refractivity contribution in [3.8, 4) is 0 Å². The van der Waals surface area contributed by atoms with Crippen molar-refractivity contribution in [3.63, 3.8) is 0 Å². The molecule has 0 amide bonds. The fourth-order valence-electron chi connectivity index (χ4n) is 1.52.